The number of aryl methyl sites for hydroxylation is 1. The third-order valence-corrected chi connectivity index (χ3v) is 4.61. The Bertz CT molecular complexity index is 1100. The smallest absolute Gasteiger partial charge is 0.306 e. The minimum absolute atomic E-state index is 0.118. The van der Waals surface area contributed by atoms with Gasteiger partial charge in [-0.3, -0.25) is 14.7 Å². The highest BCUT2D eigenvalue weighted by molar-refractivity contribution is 5.69. The molecule has 0 aliphatic rings. The molecule has 0 unspecified atom stereocenters. The Morgan fingerprint density at radius 2 is 2.03 bits per heavy atom. The van der Waals surface area contributed by atoms with Crippen molar-refractivity contribution in [2.75, 3.05) is 26.1 Å². The molecule has 10 heteroatoms. The van der Waals surface area contributed by atoms with Crippen molar-refractivity contribution in [3.63, 3.8) is 0 Å². The molecule has 160 valence electrons. The molecule has 0 saturated heterocycles. The van der Waals surface area contributed by atoms with Crippen LogP contribution in [0, 0.1) is 6.92 Å². The van der Waals surface area contributed by atoms with E-state index in [0.717, 1.165) is 5.56 Å². The number of H-pyrrole nitrogens is 1. The average molecular weight is 415 g/mol. The number of methoxy groups -OCH3 is 2. The fourth-order valence-electron chi connectivity index (χ4n) is 3.08. The zero-order valence-corrected chi connectivity index (χ0v) is 17.4. The number of esters is 1. The van der Waals surface area contributed by atoms with Gasteiger partial charge < -0.3 is 19.5 Å². The van der Waals surface area contributed by atoms with Crippen LogP contribution in [0.1, 0.15) is 30.2 Å². The lowest BCUT2D eigenvalue weighted by molar-refractivity contribution is -0.143. The van der Waals surface area contributed by atoms with Crippen molar-refractivity contribution in [2.24, 2.45) is 0 Å². The summed E-state index contributed by atoms with van der Waals surface area (Å²) in [5, 5.41) is 6.05. The second-order valence-corrected chi connectivity index (χ2v) is 6.52. The van der Waals surface area contributed by atoms with Crippen molar-refractivity contribution < 1.29 is 19.0 Å². The molecule has 10 nitrogen and oxygen atoms in total. The summed E-state index contributed by atoms with van der Waals surface area (Å²) in [4.78, 5) is 33.2. The Hall–Kier alpha value is -3.56. The third-order valence-electron chi connectivity index (χ3n) is 4.61. The maximum absolute atomic E-state index is 12.8. The normalized spacial score (nSPS) is 10.8. The predicted molar refractivity (Wildman–Crippen MR) is 110 cm³/mol. The van der Waals surface area contributed by atoms with Gasteiger partial charge in [0, 0.05) is 24.1 Å². The topological polar surface area (TPSA) is 120 Å². The molecule has 3 rings (SSSR count). The minimum atomic E-state index is -0.347. The van der Waals surface area contributed by atoms with Gasteiger partial charge in [0.1, 0.15) is 11.5 Å². The molecule has 30 heavy (non-hydrogen) atoms. The summed E-state index contributed by atoms with van der Waals surface area (Å²) in [6.07, 6.45) is 0.370. The highest BCUT2D eigenvalue weighted by atomic mass is 16.5. The zero-order chi connectivity index (χ0) is 21.7. The summed E-state index contributed by atoms with van der Waals surface area (Å²) in [6.45, 7) is 4.17. The number of carbonyl (C=O) groups excluding carboxylic acids is 1. The SMILES string of the molecule is CCOC(=O)CCc1c(C)nc2nc(NCc3cc(OC)ccc3OC)[nH]n2c1=O. The van der Waals surface area contributed by atoms with Gasteiger partial charge in [-0.2, -0.15) is 9.50 Å². The number of ether oxygens (including phenoxy) is 3. The highest BCUT2D eigenvalue weighted by Crippen LogP contribution is 2.24. The Morgan fingerprint density at radius 1 is 1.23 bits per heavy atom. The van der Waals surface area contributed by atoms with Gasteiger partial charge in [0.15, 0.2) is 0 Å². The lowest BCUT2D eigenvalue weighted by Crippen LogP contribution is -2.23. The van der Waals surface area contributed by atoms with E-state index in [9.17, 15) is 9.59 Å². The lowest BCUT2D eigenvalue weighted by Gasteiger charge is -2.10. The van der Waals surface area contributed by atoms with Crippen LogP contribution in [-0.4, -0.2) is 46.4 Å². The average Bonchev–Trinajstić information content (AvgIpc) is 3.15. The Morgan fingerprint density at radius 3 is 2.73 bits per heavy atom. The summed E-state index contributed by atoms with van der Waals surface area (Å²) in [6, 6.07) is 5.49. The summed E-state index contributed by atoms with van der Waals surface area (Å²) < 4.78 is 16.8. The molecule has 0 fully saturated rings. The number of hydrogen-bond acceptors (Lipinski definition) is 8. The molecule has 0 radical (unpaired) electrons. The van der Waals surface area contributed by atoms with Crippen LogP contribution in [0.25, 0.3) is 5.78 Å². The van der Waals surface area contributed by atoms with E-state index in [0.29, 0.717) is 41.9 Å². The first-order chi connectivity index (χ1) is 14.5. The minimum Gasteiger partial charge on any atom is -0.497 e. The molecule has 2 aromatic heterocycles. The predicted octanol–water partition coefficient (Wildman–Crippen LogP) is 1.85. The van der Waals surface area contributed by atoms with E-state index in [1.165, 1.54) is 4.52 Å². The first-order valence-corrected chi connectivity index (χ1v) is 9.55. The number of carbonyl (C=O) groups is 1. The summed E-state index contributed by atoms with van der Waals surface area (Å²) in [5.41, 5.74) is 1.56. The second kappa shape index (κ2) is 9.29. The maximum atomic E-state index is 12.8. The number of nitrogens with zero attached hydrogens (tertiary/aromatic N) is 3. The summed E-state index contributed by atoms with van der Waals surface area (Å²) >= 11 is 0. The van der Waals surface area contributed by atoms with Gasteiger partial charge in [-0.05, 0) is 38.5 Å². The molecule has 2 N–H and O–H groups in total. The molecule has 3 aromatic rings. The van der Waals surface area contributed by atoms with Crippen molar-refractivity contribution >= 4 is 17.7 Å². The van der Waals surface area contributed by atoms with Crippen molar-refractivity contribution in [2.45, 2.75) is 33.2 Å². The monoisotopic (exact) mass is 415 g/mol. The van der Waals surface area contributed by atoms with E-state index in [-0.39, 0.29) is 30.1 Å². The number of hydrogen-bond donors (Lipinski definition) is 2. The summed E-state index contributed by atoms with van der Waals surface area (Å²) in [7, 11) is 3.19. The van der Waals surface area contributed by atoms with Gasteiger partial charge >= 0.3 is 5.97 Å². The number of aromatic nitrogens is 4. The fourth-order valence-corrected chi connectivity index (χ4v) is 3.08. The van der Waals surface area contributed by atoms with E-state index >= 15 is 0 Å². The van der Waals surface area contributed by atoms with Crippen LogP contribution in [-0.2, 0) is 22.5 Å². The number of nitrogens with one attached hydrogen (secondary N) is 2. The van der Waals surface area contributed by atoms with Crippen molar-refractivity contribution in [3.05, 3.63) is 45.4 Å². The number of anilines is 1. The number of fused-ring (bicyclic) bond motifs is 1. The van der Waals surface area contributed by atoms with Crippen LogP contribution in [0.2, 0.25) is 0 Å². The Labute approximate surface area is 173 Å². The van der Waals surface area contributed by atoms with Crippen LogP contribution < -0.4 is 20.3 Å². The molecular formula is C20H25N5O5. The lowest BCUT2D eigenvalue weighted by atomic mass is 10.1. The molecule has 0 spiro atoms. The van der Waals surface area contributed by atoms with Crippen LogP contribution in [0.5, 0.6) is 11.5 Å². The molecular weight excluding hydrogens is 390 g/mol. The van der Waals surface area contributed by atoms with E-state index in [2.05, 4.69) is 20.4 Å². The number of aromatic amines is 1. The molecule has 0 atom stereocenters. The first-order valence-electron chi connectivity index (χ1n) is 9.55. The Balaban J connectivity index is 1.81. The van der Waals surface area contributed by atoms with E-state index in [4.69, 9.17) is 14.2 Å². The molecule has 0 bridgehead atoms. The van der Waals surface area contributed by atoms with Crippen LogP contribution >= 0.6 is 0 Å². The molecule has 0 aliphatic carbocycles. The van der Waals surface area contributed by atoms with Gasteiger partial charge in [0.25, 0.3) is 11.3 Å². The van der Waals surface area contributed by atoms with Gasteiger partial charge in [-0.25, -0.2) is 4.98 Å². The van der Waals surface area contributed by atoms with Gasteiger partial charge in [0.05, 0.1) is 26.5 Å². The molecule has 1 aromatic carbocycles. The fraction of sp³-hybridized carbons (Fsp3) is 0.400. The largest absolute Gasteiger partial charge is 0.497 e. The second-order valence-electron chi connectivity index (χ2n) is 6.52. The van der Waals surface area contributed by atoms with Crippen molar-refractivity contribution in [1.29, 1.82) is 0 Å². The summed E-state index contributed by atoms with van der Waals surface area (Å²) in [5.74, 6) is 1.69. The molecule has 0 amide bonds. The van der Waals surface area contributed by atoms with Crippen LogP contribution in [0.15, 0.2) is 23.0 Å². The van der Waals surface area contributed by atoms with Gasteiger partial charge in [0.2, 0.25) is 5.95 Å². The van der Waals surface area contributed by atoms with Crippen LogP contribution in [0.4, 0.5) is 5.95 Å². The molecule has 2 heterocycles. The first kappa shape index (κ1) is 21.2. The molecule has 0 saturated carbocycles. The standard InChI is InChI=1S/C20H25N5O5/c1-5-30-17(26)9-7-15-12(2)22-20-23-19(24-25(20)18(15)27)21-11-13-10-14(28-3)6-8-16(13)29-4/h6,8,10H,5,7,9,11H2,1-4H3,(H2,21,22,23,24). The van der Waals surface area contributed by atoms with E-state index < -0.39 is 0 Å². The quantitative estimate of drug-likeness (QED) is 0.508. The van der Waals surface area contributed by atoms with Crippen molar-refractivity contribution in [1.82, 2.24) is 19.6 Å². The van der Waals surface area contributed by atoms with Gasteiger partial charge in [-0.15, -0.1) is 0 Å². The van der Waals surface area contributed by atoms with Crippen molar-refractivity contribution in [3.8, 4) is 11.5 Å². The van der Waals surface area contributed by atoms with E-state index in [1.54, 1.807) is 28.1 Å². The molecule has 0 aliphatic heterocycles. The number of rotatable bonds is 9. The Kier molecular flexibility index (Phi) is 6.55. The third kappa shape index (κ3) is 4.53. The van der Waals surface area contributed by atoms with E-state index in [1.807, 2.05) is 18.2 Å². The zero-order valence-electron chi connectivity index (χ0n) is 17.4. The number of benzene rings is 1. The van der Waals surface area contributed by atoms with Gasteiger partial charge in [-0.1, -0.05) is 0 Å². The van der Waals surface area contributed by atoms with Crippen LogP contribution in [0.3, 0.4) is 0 Å². The highest BCUT2D eigenvalue weighted by Gasteiger charge is 2.15. The maximum Gasteiger partial charge on any atom is 0.306 e.